The van der Waals surface area contributed by atoms with E-state index in [-0.39, 0.29) is 0 Å². The van der Waals surface area contributed by atoms with Gasteiger partial charge in [-0.15, -0.1) is 0 Å². The van der Waals surface area contributed by atoms with Gasteiger partial charge >= 0.3 is 0 Å². The molecule has 0 saturated carbocycles. The van der Waals surface area contributed by atoms with Crippen molar-refractivity contribution in [1.29, 1.82) is 0 Å². The quantitative estimate of drug-likeness (QED) is 0.398. The van der Waals surface area contributed by atoms with Crippen LogP contribution in [0.15, 0.2) is 79.6 Å². The average molecular weight is 291 g/mol. The van der Waals surface area contributed by atoms with Crippen molar-refractivity contribution in [2.75, 3.05) is 0 Å². The lowest BCUT2D eigenvalue weighted by molar-refractivity contribution is -0.605. The third kappa shape index (κ3) is 3.06. The molecule has 0 spiro atoms. The smallest absolute Gasteiger partial charge is 0.180 e. The highest BCUT2D eigenvalue weighted by atomic mass is 16.5. The van der Waals surface area contributed by atoms with E-state index in [1.54, 1.807) is 41.3 Å². The molecule has 0 aliphatic heterocycles. The average Bonchev–Trinajstić information content (AvgIpc) is 3.05. The van der Waals surface area contributed by atoms with Crippen LogP contribution in [0.25, 0.3) is 16.9 Å². The summed E-state index contributed by atoms with van der Waals surface area (Å²) in [5.41, 5.74) is 2.88. The zero-order chi connectivity index (χ0) is 15.2. The Morgan fingerprint density at radius 2 is 1.77 bits per heavy atom. The van der Waals surface area contributed by atoms with Crippen LogP contribution in [0.1, 0.15) is 0 Å². The first-order chi connectivity index (χ1) is 10.8. The summed E-state index contributed by atoms with van der Waals surface area (Å²) < 4.78 is 2.55. The van der Waals surface area contributed by atoms with E-state index in [9.17, 15) is 5.21 Å². The fourth-order valence-corrected chi connectivity index (χ4v) is 1.95. The Bertz CT molecular complexity index is 846. The third-order valence-corrected chi connectivity index (χ3v) is 2.94. The fourth-order valence-electron chi connectivity index (χ4n) is 1.95. The van der Waals surface area contributed by atoms with Crippen LogP contribution >= 0.6 is 0 Å². The van der Waals surface area contributed by atoms with Crippen molar-refractivity contribution >= 4 is 5.65 Å². The molecule has 4 rings (SSSR count). The highest BCUT2D eigenvalue weighted by Gasteiger charge is 2.03. The monoisotopic (exact) mass is 291 g/mol. The van der Waals surface area contributed by atoms with E-state index in [1.165, 1.54) is 12.4 Å². The molecule has 4 aromatic heterocycles. The van der Waals surface area contributed by atoms with Crippen LogP contribution in [-0.2, 0) is 0 Å². The summed E-state index contributed by atoms with van der Waals surface area (Å²) in [7, 11) is 0. The van der Waals surface area contributed by atoms with Crippen LogP contribution < -0.4 is 4.73 Å². The Labute approximate surface area is 126 Å². The van der Waals surface area contributed by atoms with E-state index in [2.05, 4.69) is 15.1 Å². The first kappa shape index (κ1) is 13.7. The van der Waals surface area contributed by atoms with Gasteiger partial charge in [-0.2, -0.15) is 9.83 Å². The second-order valence-electron chi connectivity index (χ2n) is 4.41. The van der Waals surface area contributed by atoms with Gasteiger partial charge in [0.1, 0.15) is 0 Å². The van der Waals surface area contributed by atoms with E-state index in [4.69, 9.17) is 0 Å². The molecule has 0 aliphatic carbocycles. The van der Waals surface area contributed by atoms with Crippen LogP contribution in [0, 0.1) is 5.21 Å². The summed E-state index contributed by atoms with van der Waals surface area (Å²) in [6.07, 6.45) is 9.98. The van der Waals surface area contributed by atoms with Gasteiger partial charge in [0.2, 0.25) is 0 Å². The number of hydrogen-bond donors (Lipinski definition) is 0. The number of fused-ring (bicyclic) bond motifs is 1. The first-order valence-corrected chi connectivity index (χ1v) is 6.67. The van der Waals surface area contributed by atoms with Crippen LogP contribution in [0.4, 0.5) is 0 Å². The molecule has 0 aromatic carbocycles. The minimum absolute atomic E-state index is 0.750. The minimum Gasteiger partial charge on any atom is -0.619 e. The fraction of sp³-hybridized carbons (Fsp3) is 0. The normalized spacial score (nSPS) is 10.0. The van der Waals surface area contributed by atoms with E-state index in [0.29, 0.717) is 0 Å². The molecule has 108 valence electrons. The zero-order valence-corrected chi connectivity index (χ0v) is 11.6. The zero-order valence-electron chi connectivity index (χ0n) is 11.6. The Hall–Kier alpha value is -3.28. The maximum Gasteiger partial charge on any atom is 0.180 e. The van der Waals surface area contributed by atoms with Crippen molar-refractivity contribution in [2.45, 2.75) is 0 Å². The van der Waals surface area contributed by atoms with Crippen LogP contribution in [0.3, 0.4) is 0 Å². The van der Waals surface area contributed by atoms with Gasteiger partial charge in [0.25, 0.3) is 0 Å². The lowest BCUT2D eigenvalue weighted by atomic mass is 10.2. The molecule has 0 N–H and O–H groups in total. The summed E-state index contributed by atoms with van der Waals surface area (Å²) in [5.74, 6) is 0. The van der Waals surface area contributed by atoms with Gasteiger partial charge in [-0.25, -0.2) is 9.50 Å². The van der Waals surface area contributed by atoms with Gasteiger partial charge in [-0.1, -0.05) is 6.07 Å². The molecule has 4 heterocycles. The second kappa shape index (κ2) is 6.45. The molecule has 0 radical (unpaired) electrons. The van der Waals surface area contributed by atoms with Crippen LogP contribution in [-0.4, -0.2) is 19.6 Å². The van der Waals surface area contributed by atoms with Crippen molar-refractivity contribution in [3.63, 3.8) is 0 Å². The van der Waals surface area contributed by atoms with E-state index in [0.717, 1.165) is 21.6 Å². The predicted molar refractivity (Wildman–Crippen MR) is 81.6 cm³/mol. The predicted octanol–water partition coefficient (Wildman–Crippen LogP) is 2.11. The Morgan fingerprint density at radius 3 is 2.45 bits per heavy atom. The van der Waals surface area contributed by atoms with Gasteiger partial charge < -0.3 is 5.21 Å². The molecule has 0 aliphatic rings. The molecule has 0 bridgehead atoms. The number of rotatable bonds is 1. The van der Waals surface area contributed by atoms with Crippen molar-refractivity contribution in [3.05, 3.63) is 84.9 Å². The molecule has 0 amide bonds. The molecule has 4 aromatic rings. The molecular weight excluding hydrogens is 278 g/mol. The lowest BCUT2D eigenvalue weighted by Crippen LogP contribution is -2.22. The summed E-state index contributed by atoms with van der Waals surface area (Å²) in [5, 5.41) is 14.4. The van der Waals surface area contributed by atoms with Gasteiger partial charge in [-0.3, -0.25) is 4.98 Å². The van der Waals surface area contributed by atoms with E-state index < -0.39 is 0 Å². The summed E-state index contributed by atoms with van der Waals surface area (Å²) in [4.78, 5) is 8.30. The molecule has 0 unspecified atom stereocenters. The van der Waals surface area contributed by atoms with Gasteiger partial charge in [0.05, 0.1) is 11.9 Å². The first-order valence-electron chi connectivity index (χ1n) is 6.67. The molecule has 0 atom stereocenters. The highest BCUT2D eigenvalue weighted by molar-refractivity contribution is 5.60. The van der Waals surface area contributed by atoms with Crippen LogP contribution in [0.5, 0.6) is 0 Å². The maximum atomic E-state index is 10.2. The van der Waals surface area contributed by atoms with Crippen LogP contribution in [0.2, 0.25) is 0 Å². The summed E-state index contributed by atoms with van der Waals surface area (Å²) in [6.45, 7) is 0. The molecule has 6 heteroatoms. The number of pyridine rings is 2. The highest BCUT2D eigenvalue weighted by Crippen LogP contribution is 2.17. The second-order valence-corrected chi connectivity index (χ2v) is 4.41. The van der Waals surface area contributed by atoms with Crippen molar-refractivity contribution in [1.82, 2.24) is 19.6 Å². The molecular formula is C16H13N5O. The topological polar surface area (TPSA) is 70.0 Å². The standard InChI is InChI=1S/C11H8N4.C5H5NO/c1-2-9(8-12-5-1)10-3-6-13-11-4-7-14-15(10)11;7-6-4-2-1-3-5-6/h1-8H;1-5H. The maximum absolute atomic E-state index is 10.2. The van der Waals surface area contributed by atoms with E-state index >= 15 is 0 Å². The number of aromatic nitrogens is 5. The number of nitrogens with zero attached hydrogens (tertiary/aromatic N) is 5. The number of hydrogen-bond acceptors (Lipinski definition) is 4. The SMILES string of the molecule is [O-][n+]1ccccc1.c1cncc(-c2ccnc3ccnn23)c1. The molecule has 6 nitrogen and oxygen atoms in total. The summed E-state index contributed by atoms with van der Waals surface area (Å²) in [6, 6.07) is 12.9. The Balaban J connectivity index is 0.000000174. The van der Waals surface area contributed by atoms with Crippen molar-refractivity contribution in [3.8, 4) is 11.3 Å². The third-order valence-electron chi connectivity index (χ3n) is 2.94. The Morgan fingerprint density at radius 1 is 0.909 bits per heavy atom. The Kier molecular flexibility index (Phi) is 4.01. The van der Waals surface area contributed by atoms with Gasteiger partial charge in [-0.05, 0) is 18.2 Å². The molecule has 0 saturated heterocycles. The van der Waals surface area contributed by atoms with Gasteiger partial charge in [0, 0.05) is 42.4 Å². The molecule has 0 fully saturated rings. The lowest BCUT2D eigenvalue weighted by Gasteiger charge is -2.02. The molecule has 22 heavy (non-hydrogen) atoms. The van der Waals surface area contributed by atoms with E-state index in [1.807, 2.05) is 30.5 Å². The summed E-state index contributed by atoms with van der Waals surface area (Å²) >= 11 is 0. The largest absolute Gasteiger partial charge is 0.619 e. The van der Waals surface area contributed by atoms with Gasteiger partial charge in [0.15, 0.2) is 18.0 Å². The van der Waals surface area contributed by atoms with Crippen molar-refractivity contribution in [2.24, 2.45) is 0 Å². The van der Waals surface area contributed by atoms with Crippen molar-refractivity contribution < 1.29 is 4.73 Å². The minimum atomic E-state index is 0.750.